The minimum absolute atomic E-state index is 0.142. The van der Waals surface area contributed by atoms with E-state index in [9.17, 15) is 0 Å². The van der Waals surface area contributed by atoms with E-state index in [0.29, 0.717) is 13.2 Å². The Morgan fingerprint density at radius 1 is 1.16 bits per heavy atom. The molecule has 0 bridgehead atoms. The zero-order valence-corrected chi connectivity index (χ0v) is 11.6. The molecule has 2 aliphatic heterocycles. The molecule has 1 aromatic carbocycles. The fourth-order valence-electron chi connectivity index (χ4n) is 2.91. The van der Waals surface area contributed by atoms with E-state index >= 15 is 0 Å². The molecule has 1 N–H and O–H groups in total. The highest BCUT2D eigenvalue weighted by Crippen LogP contribution is 2.42. The van der Waals surface area contributed by atoms with Crippen molar-refractivity contribution in [1.29, 1.82) is 0 Å². The van der Waals surface area contributed by atoms with E-state index in [4.69, 9.17) is 14.2 Å². The Kier molecular flexibility index (Phi) is 3.37. The van der Waals surface area contributed by atoms with Crippen LogP contribution in [0.25, 0.3) is 0 Å². The highest BCUT2D eigenvalue weighted by atomic mass is 16.6. The second-order valence-electron chi connectivity index (χ2n) is 5.44. The standard InChI is InChI=1S/C15H21NO3/c1-11-7-13-14(19-6-5-18-13)8-12(11)15(3-4-16-2)9-17-10-15/h7-8,16H,3-6,9-10H2,1-2H3. The zero-order valence-electron chi connectivity index (χ0n) is 11.6. The molecule has 19 heavy (non-hydrogen) atoms. The number of aryl methyl sites for hydroxylation is 1. The van der Waals surface area contributed by atoms with Crippen molar-refractivity contribution in [2.45, 2.75) is 18.8 Å². The molecule has 2 heterocycles. The highest BCUT2D eigenvalue weighted by Gasteiger charge is 2.41. The second-order valence-corrected chi connectivity index (χ2v) is 5.44. The van der Waals surface area contributed by atoms with Gasteiger partial charge < -0.3 is 19.5 Å². The van der Waals surface area contributed by atoms with Gasteiger partial charge in [-0.1, -0.05) is 0 Å². The quantitative estimate of drug-likeness (QED) is 0.896. The number of fused-ring (bicyclic) bond motifs is 1. The molecule has 1 saturated heterocycles. The molecule has 3 rings (SSSR count). The Balaban J connectivity index is 1.94. The summed E-state index contributed by atoms with van der Waals surface area (Å²) < 4.78 is 16.8. The van der Waals surface area contributed by atoms with Crippen LogP contribution < -0.4 is 14.8 Å². The first-order valence-corrected chi connectivity index (χ1v) is 6.88. The van der Waals surface area contributed by atoms with Crippen LogP contribution in [0.4, 0.5) is 0 Å². The van der Waals surface area contributed by atoms with Crippen molar-refractivity contribution in [1.82, 2.24) is 5.32 Å². The van der Waals surface area contributed by atoms with Crippen LogP contribution in [-0.4, -0.2) is 40.0 Å². The van der Waals surface area contributed by atoms with E-state index in [0.717, 1.165) is 37.7 Å². The number of benzene rings is 1. The van der Waals surface area contributed by atoms with Gasteiger partial charge in [-0.2, -0.15) is 0 Å². The molecule has 4 heteroatoms. The molecule has 4 nitrogen and oxygen atoms in total. The summed E-state index contributed by atoms with van der Waals surface area (Å²) in [4.78, 5) is 0. The lowest BCUT2D eigenvalue weighted by Gasteiger charge is -2.43. The number of hydrogen-bond acceptors (Lipinski definition) is 4. The van der Waals surface area contributed by atoms with Gasteiger partial charge in [0.2, 0.25) is 0 Å². The molecule has 0 aromatic heterocycles. The van der Waals surface area contributed by atoms with Crippen molar-refractivity contribution in [2.75, 3.05) is 40.0 Å². The molecular formula is C15H21NO3. The predicted octanol–water partition coefficient (Wildman–Crippen LogP) is 1.64. The van der Waals surface area contributed by atoms with Crippen LogP contribution in [0.5, 0.6) is 11.5 Å². The largest absolute Gasteiger partial charge is 0.486 e. The van der Waals surface area contributed by atoms with Gasteiger partial charge >= 0.3 is 0 Å². The molecule has 2 aliphatic rings. The van der Waals surface area contributed by atoms with E-state index in [2.05, 4.69) is 24.4 Å². The predicted molar refractivity (Wildman–Crippen MR) is 73.2 cm³/mol. The number of rotatable bonds is 4. The van der Waals surface area contributed by atoms with Crippen LogP contribution in [-0.2, 0) is 10.2 Å². The van der Waals surface area contributed by atoms with Crippen LogP contribution in [0.1, 0.15) is 17.5 Å². The summed E-state index contributed by atoms with van der Waals surface area (Å²) in [5.74, 6) is 1.75. The first-order chi connectivity index (χ1) is 9.25. The minimum Gasteiger partial charge on any atom is -0.486 e. The number of nitrogens with one attached hydrogen (secondary N) is 1. The van der Waals surface area contributed by atoms with Crippen molar-refractivity contribution in [3.8, 4) is 11.5 Å². The van der Waals surface area contributed by atoms with Gasteiger partial charge in [0.05, 0.1) is 13.2 Å². The summed E-state index contributed by atoms with van der Waals surface area (Å²) in [6.07, 6.45) is 1.09. The van der Waals surface area contributed by atoms with E-state index < -0.39 is 0 Å². The van der Waals surface area contributed by atoms with E-state index in [-0.39, 0.29) is 5.41 Å². The van der Waals surface area contributed by atoms with Gasteiger partial charge in [0.15, 0.2) is 11.5 Å². The average molecular weight is 263 g/mol. The van der Waals surface area contributed by atoms with Gasteiger partial charge in [-0.3, -0.25) is 0 Å². The van der Waals surface area contributed by atoms with E-state index in [1.165, 1.54) is 11.1 Å². The minimum atomic E-state index is 0.142. The summed E-state index contributed by atoms with van der Waals surface area (Å²) in [6.45, 7) is 6.02. The monoisotopic (exact) mass is 263 g/mol. The molecule has 0 saturated carbocycles. The Hall–Kier alpha value is -1.26. The molecular weight excluding hydrogens is 242 g/mol. The van der Waals surface area contributed by atoms with E-state index in [1.54, 1.807) is 0 Å². The van der Waals surface area contributed by atoms with Crippen molar-refractivity contribution in [3.63, 3.8) is 0 Å². The Morgan fingerprint density at radius 2 is 1.84 bits per heavy atom. The summed E-state index contributed by atoms with van der Waals surface area (Å²) in [5.41, 5.74) is 2.75. The molecule has 0 spiro atoms. The first kappa shape index (κ1) is 12.8. The third-order valence-electron chi connectivity index (χ3n) is 4.07. The number of hydrogen-bond donors (Lipinski definition) is 1. The van der Waals surface area contributed by atoms with Crippen molar-refractivity contribution in [3.05, 3.63) is 23.3 Å². The Labute approximate surface area is 114 Å². The summed E-state index contributed by atoms with van der Waals surface area (Å²) >= 11 is 0. The fraction of sp³-hybridized carbons (Fsp3) is 0.600. The Bertz CT molecular complexity index is 469. The molecule has 1 fully saturated rings. The summed E-state index contributed by atoms with van der Waals surface area (Å²) in [7, 11) is 1.99. The average Bonchev–Trinajstić information content (AvgIpc) is 2.38. The molecule has 0 radical (unpaired) electrons. The Morgan fingerprint density at radius 3 is 2.42 bits per heavy atom. The van der Waals surface area contributed by atoms with Crippen LogP contribution in [0.2, 0.25) is 0 Å². The van der Waals surface area contributed by atoms with Crippen LogP contribution in [0, 0.1) is 6.92 Å². The SMILES string of the molecule is CNCCC1(c2cc3c(cc2C)OCCO3)COC1. The lowest BCUT2D eigenvalue weighted by molar-refractivity contribution is -0.0642. The smallest absolute Gasteiger partial charge is 0.161 e. The fourth-order valence-corrected chi connectivity index (χ4v) is 2.91. The molecule has 0 atom stereocenters. The molecule has 104 valence electrons. The van der Waals surface area contributed by atoms with Crippen LogP contribution in [0.3, 0.4) is 0 Å². The molecule has 0 unspecified atom stereocenters. The van der Waals surface area contributed by atoms with Gasteiger partial charge in [-0.15, -0.1) is 0 Å². The van der Waals surface area contributed by atoms with Crippen LogP contribution >= 0.6 is 0 Å². The maximum atomic E-state index is 5.71. The third-order valence-corrected chi connectivity index (χ3v) is 4.07. The first-order valence-electron chi connectivity index (χ1n) is 6.88. The maximum Gasteiger partial charge on any atom is 0.161 e. The summed E-state index contributed by atoms with van der Waals surface area (Å²) in [5, 5.41) is 3.23. The third kappa shape index (κ3) is 2.19. The maximum absolute atomic E-state index is 5.71. The highest BCUT2D eigenvalue weighted by molar-refractivity contribution is 5.51. The molecule has 0 amide bonds. The zero-order chi connectivity index (χ0) is 13.3. The van der Waals surface area contributed by atoms with Crippen molar-refractivity contribution < 1.29 is 14.2 Å². The summed E-state index contributed by atoms with van der Waals surface area (Å²) in [6, 6.07) is 4.26. The second kappa shape index (κ2) is 5.02. The lowest BCUT2D eigenvalue weighted by Crippen LogP contribution is -2.48. The van der Waals surface area contributed by atoms with Crippen molar-refractivity contribution in [2.24, 2.45) is 0 Å². The lowest BCUT2D eigenvalue weighted by atomic mass is 9.74. The molecule has 1 aromatic rings. The number of ether oxygens (including phenoxy) is 3. The van der Waals surface area contributed by atoms with E-state index in [1.807, 2.05) is 7.05 Å². The van der Waals surface area contributed by atoms with Gasteiger partial charge in [0.1, 0.15) is 13.2 Å². The van der Waals surface area contributed by atoms with Gasteiger partial charge in [0, 0.05) is 5.41 Å². The van der Waals surface area contributed by atoms with Gasteiger partial charge in [0.25, 0.3) is 0 Å². The van der Waals surface area contributed by atoms with Gasteiger partial charge in [-0.05, 0) is 50.2 Å². The normalized spacial score (nSPS) is 19.9. The van der Waals surface area contributed by atoms with Crippen molar-refractivity contribution >= 4 is 0 Å². The molecule has 0 aliphatic carbocycles. The van der Waals surface area contributed by atoms with Gasteiger partial charge in [-0.25, -0.2) is 0 Å². The topological polar surface area (TPSA) is 39.7 Å². The van der Waals surface area contributed by atoms with Crippen LogP contribution in [0.15, 0.2) is 12.1 Å².